The predicted molar refractivity (Wildman–Crippen MR) is 66.3 cm³/mol. The summed E-state index contributed by atoms with van der Waals surface area (Å²) in [6.07, 6.45) is 0.886. The third kappa shape index (κ3) is 1.90. The molecular formula is C13H14O3S. The number of Topliss-reactive ketones (excluding diaryl/α,β-unsaturated/α-hetero) is 1. The number of thioether (sulfide) groups is 1. The van der Waals surface area contributed by atoms with Crippen molar-refractivity contribution in [2.45, 2.75) is 18.2 Å². The van der Waals surface area contributed by atoms with Gasteiger partial charge in [0.1, 0.15) is 0 Å². The standard InChI is InChI=1S/C13H14O3S/c1-8-7-17-12-6-11-10(5-9(12)13(8)14)15-3-2-4-16-11/h5-6,8H,2-4,7H2,1H3. The molecule has 3 rings (SSSR count). The van der Waals surface area contributed by atoms with E-state index in [0.29, 0.717) is 19.0 Å². The number of ether oxygens (including phenoxy) is 2. The van der Waals surface area contributed by atoms with Crippen LogP contribution in [0.15, 0.2) is 17.0 Å². The summed E-state index contributed by atoms with van der Waals surface area (Å²) in [4.78, 5) is 13.1. The second-order valence-electron chi connectivity index (χ2n) is 4.42. The Morgan fingerprint density at radius 3 is 2.71 bits per heavy atom. The molecule has 0 aliphatic carbocycles. The van der Waals surface area contributed by atoms with Crippen LogP contribution >= 0.6 is 11.8 Å². The van der Waals surface area contributed by atoms with Gasteiger partial charge in [0, 0.05) is 28.6 Å². The van der Waals surface area contributed by atoms with Gasteiger partial charge in [0.2, 0.25) is 0 Å². The average molecular weight is 250 g/mol. The van der Waals surface area contributed by atoms with Crippen molar-refractivity contribution in [3.8, 4) is 11.5 Å². The van der Waals surface area contributed by atoms with Gasteiger partial charge in [-0.3, -0.25) is 4.79 Å². The highest BCUT2D eigenvalue weighted by Gasteiger charge is 2.27. The maximum Gasteiger partial charge on any atom is 0.167 e. The summed E-state index contributed by atoms with van der Waals surface area (Å²) in [5.41, 5.74) is 0.790. The van der Waals surface area contributed by atoms with Crippen LogP contribution in [0.25, 0.3) is 0 Å². The molecule has 4 heteroatoms. The molecule has 1 aromatic rings. The van der Waals surface area contributed by atoms with Gasteiger partial charge in [-0.15, -0.1) is 11.8 Å². The first kappa shape index (κ1) is 11.0. The number of rotatable bonds is 0. The quantitative estimate of drug-likeness (QED) is 0.709. The van der Waals surface area contributed by atoms with Crippen LogP contribution in [-0.2, 0) is 0 Å². The number of carbonyl (C=O) groups excluding carboxylic acids is 1. The first-order chi connectivity index (χ1) is 8.25. The van der Waals surface area contributed by atoms with Gasteiger partial charge < -0.3 is 9.47 Å². The first-order valence-corrected chi connectivity index (χ1v) is 6.85. The van der Waals surface area contributed by atoms with Crippen LogP contribution in [0.1, 0.15) is 23.7 Å². The molecule has 0 aromatic heterocycles. The first-order valence-electron chi connectivity index (χ1n) is 5.86. The minimum Gasteiger partial charge on any atom is -0.490 e. The van der Waals surface area contributed by atoms with Crippen molar-refractivity contribution in [2.75, 3.05) is 19.0 Å². The number of hydrogen-bond acceptors (Lipinski definition) is 4. The highest BCUT2D eigenvalue weighted by molar-refractivity contribution is 7.99. The van der Waals surface area contributed by atoms with Crippen molar-refractivity contribution in [3.05, 3.63) is 17.7 Å². The summed E-state index contributed by atoms with van der Waals surface area (Å²) < 4.78 is 11.2. The molecule has 2 heterocycles. The molecule has 0 saturated heterocycles. The van der Waals surface area contributed by atoms with E-state index in [2.05, 4.69) is 0 Å². The number of carbonyl (C=O) groups is 1. The molecule has 0 bridgehead atoms. The van der Waals surface area contributed by atoms with Gasteiger partial charge in [0.25, 0.3) is 0 Å². The molecule has 0 fully saturated rings. The van der Waals surface area contributed by atoms with Gasteiger partial charge in [0.15, 0.2) is 17.3 Å². The lowest BCUT2D eigenvalue weighted by molar-refractivity contribution is 0.0935. The monoisotopic (exact) mass is 250 g/mol. The Bertz CT molecular complexity index is 470. The van der Waals surface area contributed by atoms with E-state index in [-0.39, 0.29) is 11.7 Å². The minimum atomic E-state index is 0.0947. The Morgan fingerprint density at radius 1 is 1.24 bits per heavy atom. The van der Waals surface area contributed by atoms with Crippen molar-refractivity contribution >= 4 is 17.5 Å². The maximum atomic E-state index is 12.1. The zero-order chi connectivity index (χ0) is 11.8. The largest absolute Gasteiger partial charge is 0.490 e. The lowest BCUT2D eigenvalue weighted by atomic mass is 10.00. The molecular weight excluding hydrogens is 236 g/mol. The molecule has 1 unspecified atom stereocenters. The second-order valence-corrected chi connectivity index (χ2v) is 5.48. The van der Waals surface area contributed by atoms with E-state index in [9.17, 15) is 4.79 Å². The summed E-state index contributed by atoms with van der Waals surface area (Å²) in [5.74, 6) is 2.65. The van der Waals surface area contributed by atoms with E-state index in [4.69, 9.17) is 9.47 Å². The van der Waals surface area contributed by atoms with Crippen LogP contribution in [0.4, 0.5) is 0 Å². The molecule has 0 amide bonds. The van der Waals surface area contributed by atoms with Crippen molar-refractivity contribution in [1.29, 1.82) is 0 Å². The number of hydrogen-bond donors (Lipinski definition) is 0. The summed E-state index contributed by atoms with van der Waals surface area (Å²) in [5, 5.41) is 0. The fourth-order valence-electron chi connectivity index (χ4n) is 2.06. The van der Waals surface area contributed by atoms with Crippen LogP contribution in [0.3, 0.4) is 0 Å². The Labute approximate surface area is 104 Å². The molecule has 90 valence electrons. The maximum absolute atomic E-state index is 12.1. The molecule has 0 saturated carbocycles. The van der Waals surface area contributed by atoms with Gasteiger partial charge >= 0.3 is 0 Å². The zero-order valence-electron chi connectivity index (χ0n) is 9.69. The van der Waals surface area contributed by atoms with Crippen LogP contribution in [0.5, 0.6) is 11.5 Å². The topological polar surface area (TPSA) is 35.5 Å². The SMILES string of the molecule is CC1CSc2cc3c(cc2C1=O)OCCCO3. The zero-order valence-corrected chi connectivity index (χ0v) is 10.5. The molecule has 1 atom stereocenters. The third-order valence-electron chi connectivity index (χ3n) is 3.05. The molecule has 2 aliphatic heterocycles. The molecule has 3 nitrogen and oxygen atoms in total. The van der Waals surface area contributed by atoms with Gasteiger partial charge in [-0.05, 0) is 12.1 Å². The van der Waals surface area contributed by atoms with Gasteiger partial charge in [-0.25, -0.2) is 0 Å². The summed E-state index contributed by atoms with van der Waals surface area (Å²) in [7, 11) is 0. The molecule has 17 heavy (non-hydrogen) atoms. The summed E-state index contributed by atoms with van der Waals surface area (Å²) in [6, 6.07) is 3.80. The lowest BCUT2D eigenvalue weighted by Gasteiger charge is -2.21. The van der Waals surface area contributed by atoms with Crippen molar-refractivity contribution in [3.63, 3.8) is 0 Å². The lowest BCUT2D eigenvalue weighted by Crippen LogP contribution is -2.19. The number of fused-ring (bicyclic) bond motifs is 2. The fourth-order valence-corrected chi connectivity index (χ4v) is 3.14. The van der Waals surface area contributed by atoms with Crippen LogP contribution < -0.4 is 9.47 Å². The molecule has 0 spiro atoms. The van der Waals surface area contributed by atoms with Gasteiger partial charge in [0.05, 0.1) is 13.2 Å². The van der Waals surface area contributed by atoms with Crippen LogP contribution in [-0.4, -0.2) is 24.7 Å². The van der Waals surface area contributed by atoms with E-state index in [1.165, 1.54) is 0 Å². The van der Waals surface area contributed by atoms with Crippen molar-refractivity contribution in [2.24, 2.45) is 5.92 Å². The van der Waals surface area contributed by atoms with Crippen LogP contribution in [0, 0.1) is 5.92 Å². The molecule has 0 N–H and O–H groups in total. The van der Waals surface area contributed by atoms with Crippen molar-refractivity contribution < 1.29 is 14.3 Å². The molecule has 1 aromatic carbocycles. The second kappa shape index (κ2) is 4.26. The minimum absolute atomic E-state index is 0.0947. The Morgan fingerprint density at radius 2 is 1.94 bits per heavy atom. The highest BCUT2D eigenvalue weighted by atomic mass is 32.2. The number of benzene rings is 1. The summed E-state index contributed by atoms with van der Waals surface area (Å²) in [6.45, 7) is 3.31. The Hall–Kier alpha value is -1.16. The smallest absolute Gasteiger partial charge is 0.167 e. The van der Waals surface area contributed by atoms with Gasteiger partial charge in [-0.1, -0.05) is 6.92 Å². The highest BCUT2D eigenvalue weighted by Crippen LogP contribution is 2.41. The van der Waals surface area contributed by atoms with E-state index in [0.717, 1.165) is 28.4 Å². The normalized spacial score (nSPS) is 22.9. The number of ketones is 1. The molecule has 0 radical (unpaired) electrons. The Kier molecular flexibility index (Phi) is 2.74. The van der Waals surface area contributed by atoms with E-state index < -0.39 is 0 Å². The van der Waals surface area contributed by atoms with E-state index in [1.807, 2.05) is 19.1 Å². The predicted octanol–water partition coefficient (Wildman–Crippen LogP) is 2.77. The Balaban J connectivity index is 2.07. The van der Waals surface area contributed by atoms with E-state index in [1.54, 1.807) is 11.8 Å². The van der Waals surface area contributed by atoms with Gasteiger partial charge in [-0.2, -0.15) is 0 Å². The molecule has 2 aliphatic rings. The van der Waals surface area contributed by atoms with Crippen LogP contribution in [0.2, 0.25) is 0 Å². The summed E-state index contributed by atoms with van der Waals surface area (Å²) >= 11 is 1.72. The van der Waals surface area contributed by atoms with E-state index >= 15 is 0 Å². The van der Waals surface area contributed by atoms with Crippen molar-refractivity contribution in [1.82, 2.24) is 0 Å². The fraction of sp³-hybridized carbons (Fsp3) is 0.462. The average Bonchev–Trinajstić information content (AvgIpc) is 2.57. The third-order valence-corrected chi connectivity index (χ3v) is 4.37.